The van der Waals surface area contributed by atoms with E-state index in [2.05, 4.69) is 25.8 Å². The molecule has 1 saturated heterocycles. The van der Waals surface area contributed by atoms with E-state index in [0.717, 1.165) is 12.1 Å². The van der Waals surface area contributed by atoms with Gasteiger partial charge >= 0.3 is 6.36 Å². The lowest BCUT2D eigenvalue weighted by atomic mass is 10.1. The number of aromatic nitrogens is 2. The molecule has 11 heteroatoms. The van der Waals surface area contributed by atoms with Crippen molar-refractivity contribution in [2.24, 2.45) is 7.05 Å². The van der Waals surface area contributed by atoms with E-state index in [0.29, 0.717) is 41.9 Å². The minimum Gasteiger partial charge on any atom is -0.406 e. The summed E-state index contributed by atoms with van der Waals surface area (Å²) in [4.78, 5) is 28.5. The Kier molecular flexibility index (Phi) is 6.27. The van der Waals surface area contributed by atoms with Gasteiger partial charge in [-0.15, -0.1) is 13.2 Å². The number of halogens is 4. The average Bonchev–Trinajstić information content (AvgIpc) is 2.99. The van der Waals surface area contributed by atoms with Gasteiger partial charge in [-0.05, 0) is 40.2 Å². The summed E-state index contributed by atoms with van der Waals surface area (Å²) >= 11 is 3.32. The maximum atomic E-state index is 12.6. The molecule has 0 spiro atoms. The van der Waals surface area contributed by atoms with E-state index in [4.69, 9.17) is 0 Å². The molecule has 29 heavy (non-hydrogen) atoms. The second-order valence-electron chi connectivity index (χ2n) is 6.56. The van der Waals surface area contributed by atoms with E-state index in [1.807, 2.05) is 4.90 Å². The molecule has 0 radical (unpaired) electrons. The van der Waals surface area contributed by atoms with Gasteiger partial charge in [-0.3, -0.25) is 19.2 Å². The van der Waals surface area contributed by atoms with Crippen LogP contribution in [-0.2, 0) is 7.05 Å². The molecular weight excluding hydrogens is 457 g/mol. The van der Waals surface area contributed by atoms with Gasteiger partial charge in [0.25, 0.3) is 5.91 Å². The van der Waals surface area contributed by atoms with Gasteiger partial charge in [0.1, 0.15) is 5.75 Å². The van der Waals surface area contributed by atoms with Gasteiger partial charge < -0.3 is 9.64 Å². The number of rotatable bonds is 5. The Balaban J connectivity index is 1.52. The Morgan fingerprint density at radius 1 is 1.14 bits per heavy atom. The smallest absolute Gasteiger partial charge is 0.406 e. The van der Waals surface area contributed by atoms with Crippen LogP contribution in [0, 0.1) is 0 Å². The SMILES string of the molecule is Cn1cc(Br)c(C(=O)N2CCN(CC(=O)c3ccc(OC(F)(F)F)cc3)CC2)n1. The third-order valence-corrected chi connectivity index (χ3v) is 5.00. The van der Waals surface area contributed by atoms with Crippen molar-refractivity contribution in [3.05, 3.63) is 46.2 Å². The van der Waals surface area contributed by atoms with Gasteiger partial charge in [-0.1, -0.05) is 0 Å². The predicted molar refractivity (Wildman–Crippen MR) is 101 cm³/mol. The number of carbonyl (C=O) groups is 2. The summed E-state index contributed by atoms with van der Waals surface area (Å²) in [6.07, 6.45) is -3.07. The van der Waals surface area contributed by atoms with Crippen molar-refractivity contribution >= 4 is 27.6 Å². The zero-order valence-corrected chi connectivity index (χ0v) is 17.0. The number of piperazine rings is 1. The van der Waals surface area contributed by atoms with Gasteiger partial charge in [0.15, 0.2) is 11.5 Å². The zero-order chi connectivity index (χ0) is 21.2. The molecule has 1 aliphatic heterocycles. The predicted octanol–water partition coefficient (Wildman–Crippen LogP) is 2.72. The van der Waals surface area contributed by atoms with E-state index in [1.165, 1.54) is 12.1 Å². The lowest BCUT2D eigenvalue weighted by Crippen LogP contribution is -2.50. The first kappa shape index (κ1) is 21.3. The van der Waals surface area contributed by atoms with Crippen LogP contribution < -0.4 is 4.74 Å². The summed E-state index contributed by atoms with van der Waals surface area (Å²) in [6, 6.07) is 4.84. The van der Waals surface area contributed by atoms with Crippen LogP contribution in [0.2, 0.25) is 0 Å². The van der Waals surface area contributed by atoms with Crippen molar-refractivity contribution in [2.45, 2.75) is 6.36 Å². The molecule has 2 aromatic rings. The van der Waals surface area contributed by atoms with Crippen LogP contribution in [0.1, 0.15) is 20.8 Å². The zero-order valence-electron chi connectivity index (χ0n) is 15.4. The second-order valence-corrected chi connectivity index (χ2v) is 7.42. The Morgan fingerprint density at radius 2 is 1.76 bits per heavy atom. The number of ketones is 1. The molecule has 0 N–H and O–H groups in total. The molecule has 2 heterocycles. The largest absolute Gasteiger partial charge is 0.573 e. The van der Waals surface area contributed by atoms with Crippen molar-refractivity contribution < 1.29 is 27.5 Å². The monoisotopic (exact) mass is 474 g/mol. The van der Waals surface area contributed by atoms with Crippen LogP contribution in [-0.4, -0.2) is 70.4 Å². The standard InChI is InChI=1S/C18H18BrF3N4O3/c1-24-10-14(19)16(23-24)17(28)26-8-6-25(7-9-26)11-15(27)12-2-4-13(5-3-12)29-18(20,21)22/h2-5,10H,6-9,11H2,1H3. The maximum Gasteiger partial charge on any atom is 0.573 e. The third kappa shape index (κ3) is 5.57. The van der Waals surface area contributed by atoms with Gasteiger partial charge in [-0.2, -0.15) is 5.10 Å². The van der Waals surface area contributed by atoms with Crippen LogP contribution in [0.15, 0.2) is 34.9 Å². The first-order valence-electron chi connectivity index (χ1n) is 8.72. The molecule has 156 valence electrons. The van der Waals surface area contributed by atoms with Crippen LogP contribution in [0.5, 0.6) is 5.75 Å². The number of ether oxygens (including phenoxy) is 1. The number of hydrogen-bond acceptors (Lipinski definition) is 5. The molecule has 1 amide bonds. The first-order valence-corrected chi connectivity index (χ1v) is 9.51. The Bertz CT molecular complexity index is 891. The van der Waals surface area contributed by atoms with E-state index in [9.17, 15) is 22.8 Å². The Labute approximate surface area is 173 Å². The summed E-state index contributed by atoms with van der Waals surface area (Å²) < 4.78 is 42.6. The first-order chi connectivity index (χ1) is 13.6. The van der Waals surface area contributed by atoms with E-state index < -0.39 is 6.36 Å². The minimum atomic E-state index is -4.77. The van der Waals surface area contributed by atoms with Gasteiger partial charge in [0.05, 0.1) is 11.0 Å². The van der Waals surface area contributed by atoms with Gasteiger partial charge in [-0.25, -0.2) is 0 Å². The van der Waals surface area contributed by atoms with Crippen LogP contribution in [0.25, 0.3) is 0 Å². The molecule has 0 unspecified atom stereocenters. The lowest BCUT2D eigenvalue weighted by Gasteiger charge is -2.34. The molecule has 1 aromatic carbocycles. The minimum absolute atomic E-state index is 0.120. The molecule has 3 rings (SSSR count). The van der Waals surface area contributed by atoms with Crippen molar-refractivity contribution in [2.75, 3.05) is 32.7 Å². The maximum absolute atomic E-state index is 12.6. The quantitative estimate of drug-likeness (QED) is 0.623. The van der Waals surface area contributed by atoms with Gasteiger partial charge in [0, 0.05) is 45.0 Å². The molecule has 0 bridgehead atoms. The highest BCUT2D eigenvalue weighted by Crippen LogP contribution is 2.23. The molecule has 0 aliphatic carbocycles. The number of amides is 1. The van der Waals surface area contributed by atoms with Crippen molar-refractivity contribution in [1.82, 2.24) is 19.6 Å². The number of aryl methyl sites for hydroxylation is 1. The molecule has 7 nitrogen and oxygen atoms in total. The number of carbonyl (C=O) groups excluding carboxylic acids is 2. The third-order valence-electron chi connectivity index (χ3n) is 4.42. The van der Waals surface area contributed by atoms with Crippen LogP contribution >= 0.6 is 15.9 Å². The molecule has 1 aliphatic rings. The molecule has 1 fully saturated rings. The fourth-order valence-electron chi connectivity index (χ4n) is 3.00. The fraction of sp³-hybridized carbons (Fsp3) is 0.389. The fourth-order valence-corrected chi connectivity index (χ4v) is 3.55. The van der Waals surface area contributed by atoms with Crippen LogP contribution in [0.4, 0.5) is 13.2 Å². The summed E-state index contributed by atoms with van der Waals surface area (Å²) in [5.41, 5.74) is 0.647. The number of hydrogen-bond donors (Lipinski definition) is 0. The molecule has 0 atom stereocenters. The number of alkyl halides is 3. The summed E-state index contributed by atoms with van der Waals surface area (Å²) in [6.45, 7) is 2.05. The number of benzene rings is 1. The highest BCUT2D eigenvalue weighted by molar-refractivity contribution is 9.10. The summed E-state index contributed by atoms with van der Waals surface area (Å²) in [7, 11) is 1.73. The van der Waals surface area contributed by atoms with Crippen molar-refractivity contribution in [3.63, 3.8) is 0 Å². The molecular formula is C18H18BrF3N4O3. The second kappa shape index (κ2) is 8.54. The average molecular weight is 475 g/mol. The van der Waals surface area contributed by atoms with E-state index >= 15 is 0 Å². The number of Topliss-reactive ketones (excluding diaryl/α,β-unsaturated/α-hetero) is 1. The highest BCUT2D eigenvalue weighted by atomic mass is 79.9. The molecule has 1 aromatic heterocycles. The lowest BCUT2D eigenvalue weighted by molar-refractivity contribution is -0.274. The van der Waals surface area contributed by atoms with Crippen molar-refractivity contribution in [1.29, 1.82) is 0 Å². The highest BCUT2D eigenvalue weighted by Gasteiger charge is 2.31. The van der Waals surface area contributed by atoms with E-state index in [-0.39, 0.29) is 24.0 Å². The summed E-state index contributed by atoms with van der Waals surface area (Å²) in [5, 5.41) is 4.15. The topological polar surface area (TPSA) is 67.7 Å². The van der Waals surface area contributed by atoms with Crippen molar-refractivity contribution in [3.8, 4) is 5.75 Å². The normalized spacial score (nSPS) is 15.4. The summed E-state index contributed by atoms with van der Waals surface area (Å²) in [5.74, 6) is -0.763. The molecule has 0 saturated carbocycles. The Morgan fingerprint density at radius 3 is 2.28 bits per heavy atom. The van der Waals surface area contributed by atoms with E-state index in [1.54, 1.807) is 22.8 Å². The van der Waals surface area contributed by atoms with Crippen LogP contribution in [0.3, 0.4) is 0 Å². The number of nitrogens with zero attached hydrogens (tertiary/aromatic N) is 4. The Hall–Kier alpha value is -2.40. The van der Waals surface area contributed by atoms with Gasteiger partial charge in [0.2, 0.25) is 0 Å².